The lowest BCUT2D eigenvalue weighted by Crippen LogP contribution is -1.75. The second kappa shape index (κ2) is 2.61. The summed E-state index contributed by atoms with van der Waals surface area (Å²) < 4.78 is 0. The van der Waals surface area contributed by atoms with Crippen molar-refractivity contribution in [2.24, 2.45) is 0 Å². The molecule has 2 N–H and O–H groups in total. The molecule has 2 heterocycles. The van der Waals surface area contributed by atoms with E-state index in [2.05, 4.69) is 40.4 Å². The highest BCUT2D eigenvalue weighted by molar-refractivity contribution is 5.96. The lowest BCUT2D eigenvalue weighted by molar-refractivity contribution is 1.12. The number of H-pyrrole nitrogens is 2. The molecule has 3 aromatic rings. The Balaban J connectivity index is 2.47. The zero-order chi connectivity index (χ0) is 9.54. The van der Waals surface area contributed by atoms with E-state index in [1.165, 1.54) is 16.5 Å². The van der Waals surface area contributed by atoms with Gasteiger partial charge in [-0.3, -0.25) is 5.10 Å². The van der Waals surface area contributed by atoms with Crippen molar-refractivity contribution in [2.75, 3.05) is 0 Å². The van der Waals surface area contributed by atoms with Crippen molar-refractivity contribution in [3.63, 3.8) is 0 Å². The number of benzene rings is 1. The minimum absolute atomic E-state index is 1.06. The van der Waals surface area contributed by atoms with Gasteiger partial charge in [0.25, 0.3) is 0 Å². The third-order valence-electron chi connectivity index (χ3n) is 2.71. The normalized spacial score (nSPS) is 11.5. The number of hydrogen-bond donors (Lipinski definition) is 2. The average molecular weight is 185 g/mol. The van der Waals surface area contributed by atoms with Gasteiger partial charge < -0.3 is 4.98 Å². The van der Waals surface area contributed by atoms with Crippen LogP contribution in [0.15, 0.2) is 24.5 Å². The molecule has 3 nitrogen and oxygen atoms in total. The van der Waals surface area contributed by atoms with Crippen LogP contribution in [-0.2, 0) is 6.42 Å². The minimum atomic E-state index is 1.06. The van der Waals surface area contributed by atoms with Gasteiger partial charge in [0.05, 0.1) is 11.7 Å². The van der Waals surface area contributed by atoms with Crippen molar-refractivity contribution in [3.8, 4) is 0 Å². The van der Waals surface area contributed by atoms with Crippen LogP contribution in [0.5, 0.6) is 0 Å². The average Bonchev–Trinajstić information content (AvgIpc) is 2.78. The number of aryl methyl sites for hydroxylation is 1. The van der Waals surface area contributed by atoms with E-state index in [1.54, 1.807) is 0 Å². The number of nitrogens with zero attached hydrogens (tertiary/aromatic N) is 1. The van der Waals surface area contributed by atoms with E-state index in [-0.39, 0.29) is 0 Å². The molecule has 70 valence electrons. The Morgan fingerprint density at radius 3 is 3.07 bits per heavy atom. The largest absolute Gasteiger partial charge is 0.361 e. The molecule has 1 aromatic carbocycles. The highest BCUT2D eigenvalue weighted by Gasteiger charge is 2.04. The Kier molecular flexibility index (Phi) is 1.42. The van der Waals surface area contributed by atoms with E-state index >= 15 is 0 Å². The Hall–Kier alpha value is -1.77. The topological polar surface area (TPSA) is 44.5 Å². The van der Waals surface area contributed by atoms with Crippen LogP contribution in [0.4, 0.5) is 0 Å². The molecule has 0 saturated heterocycles. The molecule has 0 unspecified atom stereocenters. The third-order valence-corrected chi connectivity index (χ3v) is 2.71. The Labute approximate surface area is 81.1 Å². The Morgan fingerprint density at radius 2 is 2.21 bits per heavy atom. The van der Waals surface area contributed by atoms with Crippen LogP contribution in [0.1, 0.15) is 12.5 Å². The molecule has 0 saturated carbocycles. The van der Waals surface area contributed by atoms with E-state index in [9.17, 15) is 0 Å². The molecular weight excluding hydrogens is 174 g/mol. The van der Waals surface area contributed by atoms with E-state index < -0.39 is 0 Å². The third kappa shape index (κ3) is 0.894. The van der Waals surface area contributed by atoms with Gasteiger partial charge >= 0.3 is 0 Å². The molecule has 0 spiro atoms. The minimum Gasteiger partial charge on any atom is -0.361 e. The maximum Gasteiger partial charge on any atom is 0.0657 e. The monoisotopic (exact) mass is 185 g/mol. The molecule has 3 heteroatoms. The lowest BCUT2D eigenvalue weighted by atomic mass is 10.1. The Bertz CT molecular complexity index is 589. The van der Waals surface area contributed by atoms with Gasteiger partial charge in [-0.2, -0.15) is 5.10 Å². The van der Waals surface area contributed by atoms with Crippen molar-refractivity contribution in [2.45, 2.75) is 13.3 Å². The maximum absolute atomic E-state index is 4.02. The smallest absolute Gasteiger partial charge is 0.0657 e. The molecule has 2 aromatic heterocycles. The summed E-state index contributed by atoms with van der Waals surface area (Å²) in [7, 11) is 0. The SMILES string of the molecule is CCc1c[nH]c2cc3cn[nH]c3cc12. The zero-order valence-corrected chi connectivity index (χ0v) is 7.96. The molecule has 0 aliphatic heterocycles. The highest BCUT2D eigenvalue weighted by atomic mass is 15.1. The summed E-state index contributed by atoms with van der Waals surface area (Å²) >= 11 is 0. The molecule has 0 amide bonds. The van der Waals surface area contributed by atoms with Crippen molar-refractivity contribution in [1.82, 2.24) is 15.2 Å². The van der Waals surface area contributed by atoms with Crippen LogP contribution in [0.3, 0.4) is 0 Å². The summed E-state index contributed by atoms with van der Waals surface area (Å²) in [5.74, 6) is 0. The fraction of sp³-hybridized carbons (Fsp3) is 0.182. The second-order valence-corrected chi connectivity index (χ2v) is 3.52. The van der Waals surface area contributed by atoms with Gasteiger partial charge in [0, 0.05) is 22.5 Å². The molecular formula is C11H11N3. The first kappa shape index (κ1) is 7.62. The first-order valence-electron chi connectivity index (χ1n) is 4.81. The maximum atomic E-state index is 4.02. The summed E-state index contributed by atoms with van der Waals surface area (Å²) in [4.78, 5) is 3.28. The van der Waals surface area contributed by atoms with Gasteiger partial charge in [-0.25, -0.2) is 0 Å². The van der Waals surface area contributed by atoms with E-state index in [0.29, 0.717) is 0 Å². The van der Waals surface area contributed by atoms with Crippen molar-refractivity contribution in [1.29, 1.82) is 0 Å². The number of fused-ring (bicyclic) bond motifs is 2. The predicted molar refractivity (Wildman–Crippen MR) is 57.3 cm³/mol. The summed E-state index contributed by atoms with van der Waals surface area (Å²) in [6.45, 7) is 2.17. The molecule has 0 aliphatic carbocycles. The van der Waals surface area contributed by atoms with E-state index in [4.69, 9.17) is 0 Å². The number of hydrogen-bond acceptors (Lipinski definition) is 1. The molecule has 0 fully saturated rings. The summed E-state index contributed by atoms with van der Waals surface area (Å²) in [5, 5.41) is 9.46. The van der Waals surface area contributed by atoms with Crippen molar-refractivity contribution in [3.05, 3.63) is 30.1 Å². The highest BCUT2D eigenvalue weighted by Crippen LogP contribution is 2.23. The van der Waals surface area contributed by atoms with E-state index in [1.807, 2.05) is 6.20 Å². The number of rotatable bonds is 1. The van der Waals surface area contributed by atoms with Gasteiger partial charge in [-0.15, -0.1) is 0 Å². The molecule has 0 radical (unpaired) electrons. The molecule has 14 heavy (non-hydrogen) atoms. The number of nitrogens with one attached hydrogen (secondary N) is 2. The summed E-state index contributed by atoms with van der Waals surface area (Å²) in [6.07, 6.45) is 4.98. The van der Waals surface area contributed by atoms with Crippen molar-refractivity contribution < 1.29 is 0 Å². The molecule has 0 aliphatic rings. The quantitative estimate of drug-likeness (QED) is 0.601. The predicted octanol–water partition coefficient (Wildman–Crippen LogP) is 2.61. The Morgan fingerprint density at radius 1 is 1.29 bits per heavy atom. The van der Waals surface area contributed by atoms with Crippen LogP contribution in [0, 0.1) is 0 Å². The van der Waals surface area contributed by atoms with Crippen LogP contribution < -0.4 is 0 Å². The van der Waals surface area contributed by atoms with Gasteiger partial charge in [0.1, 0.15) is 0 Å². The fourth-order valence-electron chi connectivity index (χ4n) is 1.91. The standard InChI is InChI=1S/C11H11N3/c1-2-7-5-12-11-3-8-6-13-14-10(8)4-9(7)11/h3-6,12H,2H2,1H3,(H,13,14). The van der Waals surface area contributed by atoms with Gasteiger partial charge in [-0.05, 0) is 24.1 Å². The summed E-state index contributed by atoms with van der Waals surface area (Å²) in [5.41, 5.74) is 3.65. The fourth-order valence-corrected chi connectivity index (χ4v) is 1.91. The van der Waals surface area contributed by atoms with Gasteiger partial charge in [0.15, 0.2) is 0 Å². The summed E-state index contributed by atoms with van der Waals surface area (Å²) in [6, 6.07) is 4.29. The lowest BCUT2D eigenvalue weighted by Gasteiger charge is -1.94. The zero-order valence-electron chi connectivity index (χ0n) is 7.96. The van der Waals surface area contributed by atoms with E-state index in [0.717, 1.165) is 17.3 Å². The molecule has 0 atom stereocenters. The van der Waals surface area contributed by atoms with Crippen LogP contribution in [0.25, 0.3) is 21.8 Å². The first-order valence-corrected chi connectivity index (χ1v) is 4.81. The van der Waals surface area contributed by atoms with Crippen LogP contribution in [0.2, 0.25) is 0 Å². The van der Waals surface area contributed by atoms with Crippen molar-refractivity contribution >= 4 is 21.8 Å². The number of aromatic amines is 2. The second-order valence-electron chi connectivity index (χ2n) is 3.52. The number of aromatic nitrogens is 3. The van der Waals surface area contributed by atoms with Crippen LogP contribution in [-0.4, -0.2) is 15.2 Å². The van der Waals surface area contributed by atoms with Gasteiger partial charge in [0.2, 0.25) is 0 Å². The first-order chi connectivity index (χ1) is 6.88. The molecule has 3 rings (SSSR count). The molecule has 0 bridgehead atoms. The van der Waals surface area contributed by atoms with Crippen LogP contribution >= 0.6 is 0 Å². The van der Waals surface area contributed by atoms with Gasteiger partial charge in [-0.1, -0.05) is 6.92 Å².